The molecule has 1 saturated carbocycles. The molecule has 0 aromatic carbocycles. The highest BCUT2D eigenvalue weighted by Crippen LogP contribution is 2.33. The number of carbonyl (C=O) groups excluding carboxylic acids is 4. The number of ether oxygens (including phenoxy) is 1. The van der Waals surface area contributed by atoms with Crippen molar-refractivity contribution < 1.29 is 28.3 Å². The number of nitrogens with one attached hydrogen (secondary N) is 2. The van der Waals surface area contributed by atoms with Crippen molar-refractivity contribution in [2.75, 3.05) is 30.3 Å². The van der Waals surface area contributed by atoms with Gasteiger partial charge in [-0.2, -0.15) is 0 Å². The third-order valence-corrected chi connectivity index (χ3v) is 7.51. The highest BCUT2D eigenvalue weighted by molar-refractivity contribution is 6.30. The van der Waals surface area contributed by atoms with E-state index >= 15 is 0 Å². The van der Waals surface area contributed by atoms with Gasteiger partial charge in [-0.05, 0) is 70.7 Å². The molecule has 3 aromatic rings. The van der Waals surface area contributed by atoms with Gasteiger partial charge in [0.1, 0.15) is 29.2 Å². The molecule has 2 aliphatic rings. The van der Waals surface area contributed by atoms with E-state index in [0.717, 1.165) is 0 Å². The van der Waals surface area contributed by atoms with E-state index in [9.17, 15) is 19.2 Å². The number of rotatable bonds is 5. The topological polar surface area (TPSA) is 147 Å². The highest BCUT2D eigenvalue weighted by Gasteiger charge is 2.37. The standard InChI is InChI=1S/C29H33ClN6O6/c1-29(2,3)42-28(40)35-13-14-36(22(37)16-35)19-9-6-17(7-10-19)26(38)34-24-23-20(5-4-12-31-23)41-25(24)27(39)33-21-11-8-18(30)15-32-21/h4-5,8,11-12,15,17,19H,6-7,9-10,13-14,16H2,1-3H3,(H,34,38)(H,32,33,39). The number of aromatic nitrogens is 2. The lowest BCUT2D eigenvalue weighted by atomic mass is 9.84. The zero-order chi connectivity index (χ0) is 30.0. The van der Waals surface area contributed by atoms with Gasteiger partial charge in [0.25, 0.3) is 5.91 Å². The fourth-order valence-electron chi connectivity index (χ4n) is 5.26. The van der Waals surface area contributed by atoms with Crippen LogP contribution in [0.5, 0.6) is 0 Å². The third-order valence-electron chi connectivity index (χ3n) is 7.29. The number of piperazine rings is 1. The van der Waals surface area contributed by atoms with Crippen molar-refractivity contribution in [1.82, 2.24) is 19.8 Å². The summed E-state index contributed by atoms with van der Waals surface area (Å²) < 4.78 is 11.2. The molecule has 3 aromatic heterocycles. The van der Waals surface area contributed by atoms with Crippen LogP contribution in [0.3, 0.4) is 0 Å². The van der Waals surface area contributed by atoms with Crippen LogP contribution in [0.25, 0.3) is 11.1 Å². The molecule has 13 heteroatoms. The molecular formula is C29H33ClN6O6. The second-order valence-corrected chi connectivity index (χ2v) is 11.9. The Morgan fingerprint density at radius 3 is 2.48 bits per heavy atom. The van der Waals surface area contributed by atoms with Crippen molar-refractivity contribution in [3.05, 3.63) is 47.4 Å². The third kappa shape index (κ3) is 6.64. The number of furan rings is 1. The highest BCUT2D eigenvalue weighted by atomic mass is 35.5. The number of nitrogens with zero attached hydrogens (tertiary/aromatic N) is 4. The average Bonchev–Trinajstić information content (AvgIpc) is 3.32. The lowest BCUT2D eigenvalue weighted by Crippen LogP contribution is -2.56. The van der Waals surface area contributed by atoms with E-state index in [2.05, 4.69) is 20.6 Å². The van der Waals surface area contributed by atoms with Gasteiger partial charge in [-0.3, -0.25) is 24.3 Å². The van der Waals surface area contributed by atoms with E-state index in [4.69, 9.17) is 20.8 Å². The fourth-order valence-corrected chi connectivity index (χ4v) is 5.37. The van der Waals surface area contributed by atoms with Crippen molar-refractivity contribution in [2.45, 2.75) is 58.1 Å². The van der Waals surface area contributed by atoms with Crippen molar-refractivity contribution in [3.63, 3.8) is 0 Å². The summed E-state index contributed by atoms with van der Waals surface area (Å²) in [4.78, 5) is 63.4. The summed E-state index contributed by atoms with van der Waals surface area (Å²) in [7, 11) is 0. The molecule has 0 bridgehead atoms. The van der Waals surface area contributed by atoms with Crippen molar-refractivity contribution in [3.8, 4) is 0 Å². The Kier molecular flexibility index (Phi) is 8.35. The Labute approximate surface area is 247 Å². The van der Waals surface area contributed by atoms with Gasteiger partial charge in [0.05, 0.1) is 5.02 Å². The SMILES string of the molecule is CC(C)(C)OC(=O)N1CCN(C2CCC(C(=O)Nc3c(C(=O)Nc4ccc(Cl)cn4)oc4cccnc34)CC2)C(=O)C1. The Morgan fingerprint density at radius 2 is 1.81 bits per heavy atom. The van der Waals surface area contributed by atoms with Gasteiger partial charge < -0.3 is 24.7 Å². The second-order valence-electron chi connectivity index (χ2n) is 11.5. The minimum Gasteiger partial charge on any atom is -0.447 e. The molecule has 222 valence electrons. The van der Waals surface area contributed by atoms with Crippen LogP contribution in [-0.2, 0) is 14.3 Å². The van der Waals surface area contributed by atoms with E-state index in [-0.39, 0.29) is 47.6 Å². The van der Waals surface area contributed by atoms with Crippen molar-refractivity contribution >= 4 is 58.0 Å². The summed E-state index contributed by atoms with van der Waals surface area (Å²) in [5.74, 6) is -1.10. The summed E-state index contributed by atoms with van der Waals surface area (Å²) in [6.45, 7) is 6.17. The van der Waals surface area contributed by atoms with Gasteiger partial charge in [-0.1, -0.05) is 11.6 Å². The van der Waals surface area contributed by atoms with Gasteiger partial charge in [0.2, 0.25) is 17.6 Å². The van der Waals surface area contributed by atoms with Gasteiger partial charge in [-0.25, -0.2) is 9.78 Å². The van der Waals surface area contributed by atoms with Crippen molar-refractivity contribution in [1.29, 1.82) is 0 Å². The fraction of sp³-hybridized carbons (Fsp3) is 0.448. The zero-order valence-corrected chi connectivity index (χ0v) is 24.4. The van der Waals surface area contributed by atoms with Crippen LogP contribution in [0.15, 0.2) is 41.1 Å². The largest absolute Gasteiger partial charge is 0.447 e. The Morgan fingerprint density at radius 1 is 1.05 bits per heavy atom. The molecule has 0 unspecified atom stereocenters. The number of hydrogen-bond donors (Lipinski definition) is 2. The van der Waals surface area contributed by atoms with Crippen molar-refractivity contribution in [2.24, 2.45) is 5.92 Å². The van der Waals surface area contributed by atoms with Crippen LogP contribution in [0.2, 0.25) is 5.02 Å². The molecule has 1 aliphatic heterocycles. The predicted molar refractivity (Wildman–Crippen MR) is 155 cm³/mol. The molecule has 1 saturated heterocycles. The van der Waals surface area contributed by atoms with Gasteiger partial charge in [0.15, 0.2) is 5.58 Å². The molecule has 0 atom stereocenters. The maximum absolute atomic E-state index is 13.4. The molecule has 0 radical (unpaired) electrons. The normalized spacial score (nSPS) is 19.5. The molecule has 0 spiro atoms. The van der Waals surface area contributed by atoms with E-state index in [1.807, 2.05) is 4.90 Å². The lowest BCUT2D eigenvalue weighted by molar-refractivity contribution is -0.139. The van der Waals surface area contributed by atoms with Crippen LogP contribution in [0.1, 0.15) is 57.0 Å². The summed E-state index contributed by atoms with van der Waals surface area (Å²) in [6.07, 6.45) is 4.90. The first-order chi connectivity index (χ1) is 20.0. The number of anilines is 2. The summed E-state index contributed by atoms with van der Waals surface area (Å²) in [5, 5.41) is 5.97. The van der Waals surface area contributed by atoms with Crippen LogP contribution < -0.4 is 10.6 Å². The predicted octanol–water partition coefficient (Wildman–Crippen LogP) is 4.71. The monoisotopic (exact) mass is 596 g/mol. The molecule has 1 aliphatic carbocycles. The Bertz CT molecular complexity index is 1490. The first-order valence-corrected chi connectivity index (χ1v) is 14.2. The number of pyridine rings is 2. The second kappa shape index (κ2) is 12.0. The van der Waals surface area contributed by atoms with E-state index in [1.165, 1.54) is 11.1 Å². The smallest absolute Gasteiger partial charge is 0.410 e. The summed E-state index contributed by atoms with van der Waals surface area (Å²) >= 11 is 5.88. The number of halogens is 1. The number of hydrogen-bond acceptors (Lipinski definition) is 8. The number of amides is 4. The average molecular weight is 597 g/mol. The van der Waals surface area contributed by atoms with Crippen LogP contribution in [-0.4, -0.2) is 74.9 Å². The van der Waals surface area contributed by atoms with Crippen LogP contribution in [0.4, 0.5) is 16.3 Å². The molecule has 4 amide bonds. The number of fused-ring (bicyclic) bond motifs is 1. The molecule has 12 nitrogen and oxygen atoms in total. The van der Waals surface area contributed by atoms with Crippen LogP contribution in [0, 0.1) is 5.92 Å². The van der Waals surface area contributed by atoms with Gasteiger partial charge in [0, 0.05) is 37.4 Å². The minimum atomic E-state index is -0.631. The van der Waals surface area contributed by atoms with Crippen LogP contribution >= 0.6 is 11.6 Å². The first kappa shape index (κ1) is 29.3. The first-order valence-electron chi connectivity index (χ1n) is 13.9. The maximum atomic E-state index is 13.4. The molecule has 2 N–H and O–H groups in total. The Balaban J connectivity index is 1.21. The lowest BCUT2D eigenvalue weighted by Gasteiger charge is -2.41. The molecule has 4 heterocycles. The zero-order valence-electron chi connectivity index (χ0n) is 23.7. The van der Waals surface area contributed by atoms with E-state index in [0.29, 0.717) is 54.9 Å². The maximum Gasteiger partial charge on any atom is 0.410 e. The van der Waals surface area contributed by atoms with Gasteiger partial charge >= 0.3 is 6.09 Å². The molecule has 42 heavy (non-hydrogen) atoms. The summed E-state index contributed by atoms with van der Waals surface area (Å²) in [6, 6.07) is 6.49. The molecule has 5 rings (SSSR count). The molecule has 2 fully saturated rings. The summed E-state index contributed by atoms with van der Waals surface area (Å²) in [5.41, 5.74) is 0.280. The van der Waals surface area contributed by atoms with E-state index in [1.54, 1.807) is 51.2 Å². The van der Waals surface area contributed by atoms with E-state index < -0.39 is 17.6 Å². The Hall–Kier alpha value is -4.19. The molecular weight excluding hydrogens is 564 g/mol. The quantitative estimate of drug-likeness (QED) is 0.430. The minimum absolute atomic E-state index is 0.00743. The van der Waals surface area contributed by atoms with Gasteiger partial charge in [-0.15, -0.1) is 0 Å². The number of carbonyl (C=O) groups is 4.